The van der Waals surface area contributed by atoms with E-state index >= 15 is 0 Å². The predicted octanol–water partition coefficient (Wildman–Crippen LogP) is 13.5. The van der Waals surface area contributed by atoms with Crippen molar-refractivity contribution in [3.63, 3.8) is 0 Å². The zero-order chi connectivity index (χ0) is 40.8. The molecule has 0 aliphatic carbocycles. The molecule has 0 amide bonds. The second-order valence-electron chi connectivity index (χ2n) is 14.5. The van der Waals surface area contributed by atoms with Crippen LogP contribution in [0.15, 0.2) is 182 Å². The van der Waals surface area contributed by atoms with Gasteiger partial charge in [0.2, 0.25) is 5.95 Å². The molecule has 0 fully saturated rings. The molecule has 13 aromatic rings. The van der Waals surface area contributed by atoms with E-state index in [2.05, 4.69) is 130 Å². The summed E-state index contributed by atoms with van der Waals surface area (Å²) in [6.45, 7) is 0. The molecule has 0 aliphatic heterocycles. The van der Waals surface area contributed by atoms with Gasteiger partial charge >= 0.3 is 0 Å². The fraction of sp³-hybridized carbons (Fsp3) is 0. The monoisotopic (exact) mass is 715 g/mol. The molecular formula is C52H30N4. The molecule has 0 radical (unpaired) electrons. The molecule has 3 aromatic heterocycles. The number of fused-ring (bicyclic) bond motifs is 11. The van der Waals surface area contributed by atoms with Crippen LogP contribution < -0.4 is 0 Å². The number of hydrogen-bond acceptors (Lipinski definition) is 2. The minimum Gasteiger partial charge on any atom is -0.309 e. The highest BCUT2D eigenvalue weighted by atomic mass is 15.2. The van der Waals surface area contributed by atoms with E-state index in [0.29, 0.717) is 16.9 Å². The summed E-state index contributed by atoms with van der Waals surface area (Å²) in [5.41, 5.74) is 6.08. The molecule has 0 bridgehead atoms. The van der Waals surface area contributed by atoms with Crippen LogP contribution >= 0.6 is 0 Å². The van der Waals surface area contributed by atoms with Crippen molar-refractivity contribution in [3.05, 3.63) is 182 Å². The molecule has 0 aliphatic rings. The number of rotatable bonds is 3. The molecule has 4 heteroatoms. The fourth-order valence-corrected chi connectivity index (χ4v) is 9.55. The van der Waals surface area contributed by atoms with Gasteiger partial charge in [-0.3, -0.25) is 4.57 Å². The molecule has 0 spiro atoms. The quantitative estimate of drug-likeness (QED) is 0.135. The summed E-state index contributed by atoms with van der Waals surface area (Å²) >= 11 is 0. The second-order valence-corrected chi connectivity index (χ2v) is 14.5. The van der Waals surface area contributed by atoms with Crippen LogP contribution in [0.1, 0.15) is 6.85 Å². The average molecular weight is 716 g/mol. The Kier molecular flexibility index (Phi) is 5.00. The van der Waals surface area contributed by atoms with Crippen LogP contribution in [0.25, 0.3) is 120 Å². The van der Waals surface area contributed by atoms with Gasteiger partial charge in [-0.15, -0.1) is 0 Å². The lowest BCUT2D eigenvalue weighted by atomic mass is 9.87. The number of nitrogens with zero attached hydrogens (tertiary/aromatic N) is 4. The maximum absolute atomic E-state index is 8.96. The minimum atomic E-state index is -0.446. The molecule has 0 atom stereocenters. The Labute approximate surface area is 327 Å². The van der Waals surface area contributed by atoms with Crippen molar-refractivity contribution < 1.29 is 6.85 Å². The first-order valence-electron chi connectivity index (χ1n) is 21.3. The van der Waals surface area contributed by atoms with E-state index in [0.717, 1.165) is 54.7 Å². The van der Waals surface area contributed by atoms with Gasteiger partial charge in [-0.25, -0.2) is 9.97 Å². The molecule has 0 unspecified atom stereocenters. The van der Waals surface area contributed by atoms with Gasteiger partial charge < -0.3 is 4.57 Å². The van der Waals surface area contributed by atoms with Gasteiger partial charge in [0.25, 0.3) is 0 Å². The fourth-order valence-electron chi connectivity index (χ4n) is 9.55. The molecule has 0 N–H and O–H groups in total. The van der Waals surface area contributed by atoms with Crippen LogP contribution in [-0.2, 0) is 0 Å². The van der Waals surface area contributed by atoms with Gasteiger partial charge in [-0.05, 0) is 85.6 Å². The molecule has 0 saturated carbocycles. The van der Waals surface area contributed by atoms with Crippen molar-refractivity contribution in [2.24, 2.45) is 0 Å². The van der Waals surface area contributed by atoms with Crippen molar-refractivity contribution in [1.29, 1.82) is 0 Å². The SMILES string of the molecule is [2H]c1c([2H])c([2H])c(-c2nc(-n3c4ccccc4c4c5cccc6c7cccc8c7c(cc7c8c8ccccc8n7-c7ccccc7)c(cc43)c65)nc3ccccc23)c([2H])c1[2H]. The lowest BCUT2D eigenvalue weighted by Crippen LogP contribution is -2.03. The van der Waals surface area contributed by atoms with E-state index in [-0.39, 0.29) is 23.3 Å². The lowest BCUT2D eigenvalue weighted by Gasteiger charge is -2.17. The van der Waals surface area contributed by atoms with Crippen LogP contribution in [0.5, 0.6) is 0 Å². The number of hydrogen-bond donors (Lipinski definition) is 0. The van der Waals surface area contributed by atoms with Gasteiger partial charge in [-0.2, -0.15) is 0 Å². The lowest BCUT2D eigenvalue weighted by molar-refractivity contribution is 1.01. The highest BCUT2D eigenvalue weighted by Gasteiger charge is 2.24. The van der Waals surface area contributed by atoms with Crippen molar-refractivity contribution in [2.75, 3.05) is 0 Å². The van der Waals surface area contributed by atoms with Crippen LogP contribution in [0, 0.1) is 0 Å². The van der Waals surface area contributed by atoms with Gasteiger partial charge in [0.05, 0.1) is 40.1 Å². The van der Waals surface area contributed by atoms with E-state index in [1.807, 2.05) is 30.3 Å². The molecule has 258 valence electrons. The van der Waals surface area contributed by atoms with E-state index < -0.39 is 18.1 Å². The van der Waals surface area contributed by atoms with Gasteiger partial charge in [0.1, 0.15) is 0 Å². The van der Waals surface area contributed by atoms with E-state index in [1.54, 1.807) is 0 Å². The highest BCUT2D eigenvalue weighted by Crippen LogP contribution is 2.48. The summed E-state index contributed by atoms with van der Waals surface area (Å²) in [5, 5.41) is 14.4. The Morgan fingerprint density at radius 1 is 0.375 bits per heavy atom. The highest BCUT2D eigenvalue weighted by molar-refractivity contribution is 6.41. The molecular weight excluding hydrogens is 681 g/mol. The maximum Gasteiger partial charge on any atom is 0.235 e. The number of para-hydroxylation sites is 4. The van der Waals surface area contributed by atoms with Crippen LogP contribution in [0.4, 0.5) is 0 Å². The van der Waals surface area contributed by atoms with Crippen LogP contribution in [0.3, 0.4) is 0 Å². The summed E-state index contributed by atoms with van der Waals surface area (Å²) in [4.78, 5) is 10.4. The first-order valence-corrected chi connectivity index (χ1v) is 18.8. The normalized spacial score (nSPS) is 13.5. The van der Waals surface area contributed by atoms with Crippen molar-refractivity contribution in [3.8, 4) is 22.9 Å². The largest absolute Gasteiger partial charge is 0.309 e. The van der Waals surface area contributed by atoms with E-state index in [1.165, 1.54) is 37.7 Å². The summed E-state index contributed by atoms with van der Waals surface area (Å²) in [6, 6.07) is 51.1. The smallest absolute Gasteiger partial charge is 0.235 e. The summed E-state index contributed by atoms with van der Waals surface area (Å²) in [5.74, 6) is 0.343. The summed E-state index contributed by atoms with van der Waals surface area (Å²) in [7, 11) is 0. The topological polar surface area (TPSA) is 35.6 Å². The number of benzene rings is 10. The molecule has 10 aromatic carbocycles. The van der Waals surface area contributed by atoms with Gasteiger partial charge in [0.15, 0.2) is 0 Å². The summed E-state index contributed by atoms with van der Waals surface area (Å²) < 4.78 is 47.7. The molecule has 3 heterocycles. The first-order chi connectivity index (χ1) is 29.9. The van der Waals surface area contributed by atoms with Crippen molar-refractivity contribution in [2.45, 2.75) is 0 Å². The Hall–Kier alpha value is -7.56. The molecule has 13 rings (SSSR count). The Balaban J connectivity index is 1.23. The number of aromatic nitrogens is 4. The predicted molar refractivity (Wildman–Crippen MR) is 235 cm³/mol. The van der Waals surface area contributed by atoms with Gasteiger partial charge in [-0.1, -0.05) is 139 Å². The summed E-state index contributed by atoms with van der Waals surface area (Å²) in [6.07, 6.45) is 0. The third-order valence-electron chi connectivity index (χ3n) is 11.7. The third kappa shape index (κ3) is 3.87. The van der Waals surface area contributed by atoms with Gasteiger partial charge in [0, 0.05) is 38.2 Å². The molecule has 0 saturated heterocycles. The van der Waals surface area contributed by atoms with E-state index in [4.69, 9.17) is 16.8 Å². The third-order valence-corrected chi connectivity index (χ3v) is 11.7. The Bertz CT molecular complexity index is 4030. The van der Waals surface area contributed by atoms with Crippen LogP contribution in [-0.4, -0.2) is 19.1 Å². The minimum absolute atomic E-state index is 0.0397. The standard InChI is InChI=1S/C52H30N4/c1-3-15-31(16-4-1)51-35-19-7-10-26-42(35)53-52(54-51)56-44-28-12-9-21-37(44)50-39-25-14-23-34-33-22-13-24-38-47(33)40(41(48(34)39)30-46(50)56)29-45-49(38)36-20-8-11-27-43(36)55(45)32-17-5-2-6-18-32/h1-30H/i1D,3D,4D,15D,16D. The van der Waals surface area contributed by atoms with Crippen molar-refractivity contribution >= 4 is 97.6 Å². The first kappa shape index (κ1) is 25.5. The zero-order valence-corrected chi connectivity index (χ0v) is 29.7. The van der Waals surface area contributed by atoms with E-state index in [9.17, 15) is 0 Å². The van der Waals surface area contributed by atoms with Crippen LogP contribution in [0.2, 0.25) is 0 Å². The Morgan fingerprint density at radius 3 is 1.55 bits per heavy atom. The van der Waals surface area contributed by atoms with Crippen molar-refractivity contribution in [1.82, 2.24) is 19.1 Å². The molecule has 4 nitrogen and oxygen atoms in total. The average Bonchev–Trinajstić information content (AvgIpc) is 3.82. The second kappa shape index (κ2) is 11.0. The Morgan fingerprint density at radius 2 is 0.893 bits per heavy atom. The zero-order valence-electron chi connectivity index (χ0n) is 34.7. The molecule has 56 heavy (non-hydrogen) atoms. The maximum atomic E-state index is 8.96.